The molecule has 1 amide bonds. The van der Waals surface area contributed by atoms with E-state index in [-0.39, 0.29) is 17.3 Å². The lowest BCUT2D eigenvalue weighted by molar-refractivity contribution is 0.0947. The fourth-order valence-corrected chi connectivity index (χ4v) is 3.69. The Labute approximate surface area is 192 Å². The molecule has 1 fully saturated rings. The molecule has 0 spiro atoms. The number of aromatic nitrogens is 9. The topological polar surface area (TPSA) is 184 Å². The maximum absolute atomic E-state index is 13.0. The molecule has 0 atom stereocenters. The van der Waals surface area contributed by atoms with Gasteiger partial charge < -0.3 is 5.73 Å². The number of nitrogens with one attached hydrogen (secondary N) is 1. The van der Waals surface area contributed by atoms with Crippen molar-refractivity contribution in [2.75, 3.05) is 18.8 Å². The minimum absolute atomic E-state index is 0.0517. The summed E-state index contributed by atoms with van der Waals surface area (Å²) < 4.78 is 7.61. The zero-order valence-electron chi connectivity index (χ0n) is 18.2. The molecule has 0 saturated carbocycles. The van der Waals surface area contributed by atoms with E-state index in [9.17, 15) is 4.79 Å². The maximum atomic E-state index is 13.0. The molecule has 0 radical (unpaired) electrons. The summed E-state index contributed by atoms with van der Waals surface area (Å²) in [5, 5.41) is 30.9. The first kappa shape index (κ1) is 21.3. The molecule has 4 heterocycles. The average Bonchev–Trinajstić information content (AvgIpc) is 3.66. The smallest absolute Gasteiger partial charge is 0.293 e. The molecule has 15 nitrogen and oxygen atoms in total. The van der Waals surface area contributed by atoms with Crippen molar-refractivity contribution in [1.29, 1.82) is 0 Å². The molecular weight excluding hydrogens is 442 g/mol. The van der Waals surface area contributed by atoms with Crippen LogP contribution in [-0.4, -0.2) is 75.1 Å². The first-order valence-electron chi connectivity index (χ1n) is 10.5. The van der Waals surface area contributed by atoms with Gasteiger partial charge in [-0.2, -0.15) is 9.78 Å². The average molecular weight is 463 g/mol. The van der Waals surface area contributed by atoms with Gasteiger partial charge >= 0.3 is 0 Å². The van der Waals surface area contributed by atoms with Crippen molar-refractivity contribution in [3.05, 3.63) is 47.5 Å². The Bertz CT molecular complexity index is 1320. The number of nitrogens with zero attached hydrogens (tertiary/aromatic N) is 11. The second-order valence-corrected chi connectivity index (χ2v) is 7.70. The number of hydrogen-bond acceptors (Lipinski definition) is 12. The zero-order valence-corrected chi connectivity index (χ0v) is 18.2. The molecular formula is C19H21N13O2. The third kappa shape index (κ3) is 4.23. The van der Waals surface area contributed by atoms with Gasteiger partial charge in [0.05, 0.1) is 17.1 Å². The van der Waals surface area contributed by atoms with Crippen LogP contribution in [0.3, 0.4) is 0 Å². The predicted octanol–water partition coefficient (Wildman–Crippen LogP) is -0.0420. The van der Waals surface area contributed by atoms with Crippen molar-refractivity contribution >= 4 is 17.4 Å². The van der Waals surface area contributed by atoms with Crippen molar-refractivity contribution in [1.82, 2.24) is 55.8 Å². The number of carbonyl (C=O) groups is 1. The van der Waals surface area contributed by atoms with Crippen LogP contribution in [0.4, 0.5) is 5.82 Å². The van der Waals surface area contributed by atoms with E-state index in [1.54, 1.807) is 6.92 Å². The van der Waals surface area contributed by atoms with E-state index in [4.69, 9.17) is 10.4 Å². The molecule has 1 aliphatic heterocycles. The number of rotatable bonds is 7. The summed E-state index contributed by atoms with van der Waals surface area (Å²) in [5.74, 6) is -0.276. The molecule has 0 bridgehead atoms. The quantitative estimate of drug-likeness (QED) is 0.277. The molecule has 4 aromatic rings. The van der Waals surface area contributed by atoms with E-state index in [1.165, 1.54) is 15.7 Å². The zero-order chi connectivity index (χ0) is 23.5. The standard InChI is InChI=1S/C19H21N13O2/c1-12(13-5-4-6-14(9-13)31-11-21-27-29-31)22-24-19(33)16-15(10-30-7-2-3-8-30)32(28-23-16)18-17(20)25-34-26-18/h4-6,9,11H,2-3,7-8,10H2,1H3,(H2,20,25)(H,24,33). The molecule has 3 N–H and O–H groups in total. The molecule has 0 unspecified atom stereocenters. The number of amides is 1. The van der Waals surface area contributed by atoms with Gasteiger partial charge in [0.25, 0.3) is 5.91 Å². The van der Waals surface area contributed by atoms with Crippen LogP contribution in [0.25, 0.3) is 11.5 Å². The predicted molar refractivity (Wildman–Crippen MR) is 117 cm³/mol. The first-order valence-corrected chi connectivity index (χ1v) is 10.5. The number of benzene rings is 1. The fourth-order valence-electron chi connectivity index (χ4n) is 3.69. The number of nitrogen functional groups attached to an aromatic ring is 1. The lowest BCUT2D eigenvalue weighted by Gasteiger charge is -2.15. The van der Waals surface area contributed by atoms with Crippen molar-refractivity contribution in [3.63, 3.8) is 0 Å². The lowest BCUT2D eigenvalue weighted by Crippen LogP contribution is -2.26. The Kier molecular flexibility index (Phi) is 5.73. The summed E-state index contributed by atoms with van der Waals surface area (Å²) in [6, 6.07) is 7.44. The Morgan fingerprint density at radius 2 is 2.09 bits per heavy atom. The van der Waals surface area contributed by atoms with Crippen LogP contribution in [0.5, 0.6) is 0 Å². The molecule has 1 saturated heterocycles. The highest BCUT2D eigenvalue weighted by molar-refractivity contribution is 6.01. The van der Waals surface area contributed by atoms with Crippen molar-refractivity contribution in [2.24, 2.45) is 5.10 Å². The van der Waals surface area contributed by atoms with Crippen LogP contribution in [0.2, 0.25) is 0 Å². The van der Waals surface area contributed by atoms with E-state index < -0.39 is 5.91 Å². The van der Waals surface area contributed by atoms with Crippen LogP contribution in [0.1, 0.15) is 41.5 Å². The first-order chi connectivity index (χ1) is 16.6. The summed E-state index contributed by atoms with van der Waals surface area (Å²) in [7, 11) is 0. The molecule has 15 heteroatoms. The van der Waals surface area contributed by atoms with E-state index in [1.807, 2.05) is 24.3 Å². The summed E-state index contributed by atoms with van der Waals surface area (Å²) in [6.45, 7) is 4.04. The fraction of sp³-hybridized carbons (Fsp3) is 0.316. The van der Waals surface area contributed by atoms with Crippen molar-refractivity contribution in [2.45, 2.75) is 26.3 Å². The number of hydrogen-bond donors (Lipinski definition) is 2. The molecule has 0 aliphatic carbocycles. The van der Waals surface area contributed by atoms with E-state index in [2.05, 4.69) is 51.6 Å². The Balaban J connectivity index is 1.39. The van der Waals surface area contributed by atoms with Crippen LogP contribution in [0.15, 0.2) is 40.3 Å². The van der Waals surface area contributed by atoms with Gasteiger partial charge in [0.15, 0.2) is 5.69 Å². The highest BCUT2D eigenvalue weighted by Gasteiger charge is 2.26. The molecule has 1 aliphatic rings. The minimum Gasteiger partial charge on any atom is -0.378 e. The normalized spacial score (nSPS) is 14.6. The number of hydrazone groups is 1. The molecule has 1 aromatic carbocycles. The van der Waals surface area contributed by atoms with Gasteiger partial charge in [-0.3, -0.25) is 9.69 Å². The Morgan fingerprint density at radius 1 is 1.24 bits per heavy atom. The Hall–Kier alpha value is -4.53. The van der Waals surface area contributed by atoms with Crippen molar-refractivity contribution in [3.8, 4) is 11.5 Å². The maximum Gasteiger partial charge on any atom is 0.293 e. The van der Waals surface area contributed by atoms with Gasteiger partial charge in [0.2, 0.25) is 11.6 Å². The number of carbonyl (C=O) groups excluding carboxylic acids is 1. The van der Waals surface area contributed by atoms with Gasteiger partial charge in [0.1, 0.15) is 6.33 Å². The number of likely N-dealkylation sites (tertiary alicyclic amines) is 1. The van der Waals surface area contributed by atoms with E-state index >= 15 is 0 Å². The monoisotopic (exact) mass is 463 g/mol. The molecule has 5 rings (SSSR count). The second-order valence-electron chi connectivity index (χ2n) is 7.70. The van der Waals surface area contributed by atoms with Crippen molar-refractivity contribution < 1.29 is 9.42 Å². The van der Waals surface area contributed by atoms with E-state index in [0.29, 0.717) is 18.0 Å². The summed E-state index contributed by atoms with van der Waals surface area (Å²) in [5.41, 5.74) is 11.2. The summed E-state index contributed by atoms with van der Waals surface area (Å²) in [6.07, 6.45) is 3.67. The highest BCUT2D eigenvalue weighted by atomic mass is 16.6. The van der Waals surface area contributed by atoms with Crippen LogP contribution >= 0.6 is 0 Å². The molecule has 174 valence electrons. The summed E-state index contributed by atoms with van der Waals surface area (Å²) >= 11 is 0. The van der Waals surface area contributed by atoms with Gasteiger partial charge in [-0.1, -0.05) is 17.3 Å². The lowest BCUT2D eigenvalue weighted by atomic mass is 10.1. The van der Waals surface area contributed by atoms with Gasteiger partial charge in [0, 0.05) is 6.54 Å². The second kappa shape index (κ2) is 9.14. The number of tetrazole rings is 1. The number of anilines is 1. The molecule has 34 heavy (non-hydrogen) atoms. The van der Waals surface area contributed by atoms with E-state index in [0.717, 1.165) is 37.2 Å². The van der Waals surface area contributed by atoms with Gasteiger partial charge in [-0.05, 0) is 71.3 Å². The minimum atomic E-state index is -0.508. The third-order valence-electron chi connectivity index (χ3n) is 5.45. The van der Waals surface area contributed by atoms with Gasteiger partial charge in [-0.25, -0.2) is 14.7 Å². The molecule has 3 aromatic heterocycles. The number of nitrogens with two attached hydrogens (primary N) is 1. The van der Waals surface area contributed by atoms with Crippen LogP contribution in [0, 0.1) is 0 Å². The van der Waals surface area contributed by atoms with Crippen LogP contribution < -0.4 is 11.2 Å². The summed E-state index contributed by atoms with van der Waals surface area (Å²) in [4.78, 5) is 15.2. The van der Waals surface area contributed by atoms with Gasteiger partial charge in [-0.15, -0.1) is 10.2 Å². The largest absolute Gasteiger partial charge is 0.378 e. The van der Waals surface area contributed by atoms with Crippen LogP contribution in [-0.2, 0) is 6.54 Å². The Morgan fingerprint density at radius 3 is 2.82 bits per heavy atom. The third-order valence-corrected chi connectivity index (χ3v) is 5.45. The SMILES string of the molecule is CC(=NNC(=O)c1nnn(-c2nonc2N)c1CN1CCCC1)c1cccc(-n2cnnn2)c1. The highest BCUT2D eigenvalue weighted by Crippen LogP contribution is 2.20.